The summed E-state index contributed by atoms with van der Waals surface area (Å²) in [6.07, 6.45) is 3.30. The average Bonchev–Trinajstić information content (AvgIpc) is 2.71. The predicted octanol–water partition coefficient (Wildman–Crippen LogP) is 4.28. The molecule has 1 atom stereocenters. The van der Waals surface area contributed by atoms with Crippen LogP contribution in [0.2, 0.25) is 10.2 Å². The van der Waals surface area contributed by atoms with Gasteiger partial charge >= 0.3 is 0 Å². The maximum Gasteiger partial charge on any atom is 0.232 e. The third kappa shape index (κ3) is 4.10. The van der Waals surface area contributed by atoms with Gasteiger partial charge in [0.25, 0.3) is 0 Å². The summed E-state index contributed by atoms with van der Waals surface area (Å²) in [5, 5.41) is 15.9. The summed E-state index contributed by atoms with van der Waals surface area (Å²) >= 11 is 12.6. The van der Waals surface area contributed by atoms with Crippen LogP contribution in [0.1, 0.15) is 31.7 Å². The van der Waals surface area contributed by atoms with Crippen molar-refractivity contribution in [2.24, 2.45) is 0 Å². The Bertz CT molecular complexity index is 942. The predicted molar refractivity (Wildman–Crippen MR) is 118 cm³/mol. The minimum Gasteiger partial charge on any atom is -0.381 e. The number of nitrogens with one attached hydrogen (secondary N) is 3. The molecule has 0 saturated carbocycles. The fraction of sp³-hybridized carbons (Fsp3) is 0.381. The second-order valence-corrected chi connectivity index (χ2v) is 8.52. The van der Waals surface area contributed by atoms with Crippen LogP contribution in [0.3, 0.4) is 0 Å². The normalized spacial score (nSPS) is 22.7. The molecule has 1 amide bonds. The smallest absolute Gasteiger partial charge is 0.232 e. The van der Waals surface area contributed by atoms with Crippen LogP contribution in [0.15, 0.2) is 36.5 Å². The summed E-state index contributed by atoms with van der Waals surface area (Å²) in [5.74, 6) is 0.0291. The SMILES string of the molecule is C[C@@]1(c2cccc(Nc3ccc(Cl)nc3)c2Cl)CC(=O)N(C2CCOCC2)C(=N)N1. The molecule has 4 rings (SSSR count). The minimum absolute atomic E-state index is 0.00308. The standard InChI is InChI=1S/C21H23Cl2N5O2/c1-21(11-18(29)28(20(24)27-21)14-7-9-30-10-8-14)15-3-2-4-16(19(15)23)26-13-5-6-17(22)25-12-13/h2-6,12,14,26H,7-11H2,1H3,(H2,24,27)/t21-/m0/s1. The number of carbonyl (C=O) groups excluding carboxylic acids is 1. The average molecular weight is 448 g/mol. The number of nitrogens with zero attached hydrogens (tertiary/aromatic N) is 2. The van der Waals surface area contributed by atoms with Crippen LogP contribution in [-0.4, -0.2) is 41.0 Å². The molecule has 3 heterocycles. The van der Waals surface area contributed by atoms with E-state index in [-0.39, 0.29) is 24.3 Å². The second kappa shape index (κ2) is 8.41. The van der Waals surface area contributed by atoms with Gasteiger partial charge in [-0.2, -0.15) is 0 Å². The van der Waals surface area contributed by atoms with Crippen LogP contribution < -0.4 is 10.6 Å². The highest BCUT2D eigenvalue weighted by Crippen LogP contribution is 2.39. The number of guanidine groups is 1. The zero-order valence-corrected chi connectivity index (χ0v) is 18.1. The molecule has 1 aromatic carbocycles. The molecule has 0 unspecified atom stereocenters. The molecule has 7 nitrogen and oxygen atoms in total. The molecule has 2 aliphatic rings. The highest BCUT2D eigenvalue weighted by Gasteiger charge is 2.43. The van der Waals surface area contributed by atoms with Crippen molar-refractivity contribution in [3.05, 3.63) is 52.3 Å². The van der Waals surface area contributed by atoms with E-state index < -0.39 is 5.54 Å². The molecule has 2 aliphatic heterocycles. The number of carbonyl (C=O) groups is 1. The first-order chi connectivity index (χ1) is 14.4. The Labute approximate surface area is 185 Å². The van der Waals surface area contributed by atoms with Gasteiger partial charge in [-0.25, -0.2) is 4.98 Å². The number of ether oxygens (including phenoxy) is 1. The first-order valence-electron chi connectivity index (χ1n) is 9.81. The molecular weight excluding hydrogens is 425 g/mol. The van der Waals surface area contributed by atoms with Crippen LogP contribution in [0.25, 0.3) is 0 Å². The Kier molecular flexibility index (Phi) is 5.86. The maximum atomic E-state index is 13.0. The van der Waals surface area contributed by atoms with E-state index in [1.165, 1.54) is 0 Å². The van der Waals surface area contributed by atoms with Crippen molar-refractivity contribution in [1.82, 2.24) is 15.2 Å². The summed E-state index contributed by atoms with van der Waals surface area (Å²) in [7, 11) is 0. The summed E-state index contributed by atoms with van der Waals surface area (Å²) in [5.41, 5.74) is 1.39. The number of rotatable bonds is 4. The van der Waals surface area contributed by atoms with E-state index >= 15 is 0 Å². The molecule has 0 radical (unpaired) electrons. The summed E-state index contributed by atoms with van der Waals surface area (Å²) < 4.78 is 5.39. The number of amides is 1. The van der Waals surface area contributed by atoms with Crippen LogP contribution in [0.4, 0.5) is 11.4 Å². The molecule has 2 aromatic rings. The lowest BCUT2D eigenvalue weighted by molar-refractivity contribution is -0.133. The molecule has 1 aromatic heterocycles. The number of hydrogen-bond donors (Lipinski definition) is 3. The number of anilines is 2. The van der Waals surface area contributed by atoms with Crippen molar-refractivity contribution in [2.75, 3.05) is 18.5 Å². The fourth-order valence-electron chi connectivity index (χ4n) is 4.03. The fourth-order valence-corrected chi connectivity index (χ4v) is 4.52. The van der Waals surface area contributed by atoms with Crippen molar-refractivity contribution < 1.29 is 9.53 Å². The Morgan fingerprint density at radius 2 is 2.03 bits per heavy atom. The van der Waals surface area contributed by atoms with Gasteiger partial charge in [-0.3, -0.25) is 15.1 Å². The Balaban J connectivity index is 1.58. The number of benzene rings is 1. The second-order valence-electron chi connectivity index (χ2n) is 7.75. The van der Waals surface area contributed by atoms with Crippen LogP contribution in [0.5, 0.6) is 0 Å². The van der Waals surface area contributed by atoms with E-state index in [1.807, 2.05) is 31.2 Å². The molecule has 30 heavy (non-hydrogen) atoms. The van der Waals surface area contributed by atoms with Gasteiger partial charge in [0.15, 0.2) is 5.96 Å². The lowest BCUT2D eigenvalue weighted by atomic mass is 9.85. The van der Waals surface area contributed by atoms with Gasteiger partial charge in [0.2, 0.25) is 5.91 Å². The summed E-state index contributed by atoms with van der Waals surface area (Å²) in [6, 6.07) is 9.11. The van der Waals surface area contributed by atoms with Crippen molar-refractivity contribution in [3.8, 4) is 0 Å². The quantitative estimate of drug-likeness (QED) is 0.608. The first-order valence-corrected chi connectivity index (χ1v) is 10.6. The van der Waals surface area contributed by atoms with Gasteiger partial charge in [-0.15, -0.1) is 0 Å². The summed E-state index contributed by atoms with van der Waals surface area (Å²) in [6.45, 7) is 3.12. The van der Waals surface area contributed by atoms with Crippen LogP contribution >= 0.6 is 23.2 Å². The highest BCUT2D eigenvalue weighted by atomic mass is 35.5. The molecule has 158 valence electrons. The molecule has 0 aliphatic carbocycles. The third-order valence-corrected chi connectivity index (χ3v) is 6.19. The van der Waals surface area contributed by atoms with Crippen molar-refractivity contribution in [2.45, 2.75) is 37.8 Å². The number of hydrogen-bond acceptors (Lipinski definition) is 5. The van der Waals surface area contributed by atoms with Gasteiger partial charge in [-0.05, 0) is 43.5 Å². The lowest BCUT2D eigenvalue weighted by Crippen LogP contribution is -2.62. The largest absolute Gasteiger partial charge is 0.381 e. The molecular formula is C21H23Cl2N5O2. The molecule has 2 saturated heterocycles. The van der Waals surface area contributed by atoms with Crippen LogP contribution in [0, 0.1) is 5.41 Å². The van der Waals surface area contributed by atoms with Crippen molar-refractivity contribution in [3.63, 3.8) is 0 Å². The monoisotopic (exact) mass is 447 g/mol. The zero-order valence-electron chi connectivity index (χ0n) is 16.5. The molecule has 0 spiro atoms. The Hall–Kier alpha value is -2.35. The molecule has 0 bridgehead atoms. The maximum absolute atomic E-state index is 13.0. The number of pyridine rings is 1. The number of halogens is 2. The van der Waals surface area contributed by atoms with Gasteiger partial charge in [0.1, 0.15) is 5.15 Å². The molecule has 9 heteroatoms. The Morgan fingerprint density at radius 3 is 2.70 bits per heavy atom. The van der Waals surface area contributed by atoms with Crippen molar-refractivity contribution in [1.29, 1.82) is 5.41 Å². The van der Waals surface area contributed by atoms with Crippen molar-refractivity contribution >= 4 is 46.4 Å². The summed E-state index contributed by atoms with van der Waals surface area (Å²) in [4.78, 5) is 18.7. The minimum atomic E-state index is -0.789. The third-order valence-electron chi connectivity index (χ3n) is 5.56. The highest BCUT2D eigenvalue weighted by molar-refractivity contribution is 6.34. The number of aromatic nitrogens is 1. The Morgan fingerprint density at radius 1 is 1.27 bits per heavy atom. The van der Waals surface area contributed by atoms with E-state index in [0.717, 1.165) is 24.1 Å². The van der Waals surface area contributed by atoms with E-state index in [9.17, 15) is 4.79 Å². The van der Waals surface area contributed by atoms with Crippen LogP contribution in [-0.2, 0) is 15.1 Å². The van der Waals surface area contributed by atoms with E-state index in [4.69, 9.17) is 33.3 Å². The van der Waals surface area contributed by atoms with Gasteiger partial charge in [0, 0.05) is 19.3 Å². The first kappa shape index (κ1) is 20.9. The van der Waals surface area contributed by atoms with Gasteiger partial charge < -0.3 is 15.4 Å². The topological polar surface area (TPSA) is 90.3 Å². The van der Waals surface area contributed by atoms with E-state index in [1.54, 1.807) is 17.2 Å². The molecule has 2 fully saturated rings. The van der Waals surface area contributed by atoms with Gasteiger partial charge in [0.05, 0.1) is 34.6 Å². The molecule has 3 N–H and O–H groups in total. The lowest BCUT2D eigenvalue weighted by Gasteiger charge is -2.45. The van der Waals surface area contributed by atoms with E-state index in [2.05, 4.69) is 15.6 Å². The van der Waals surface area contributed by atoms with Gasteiger partial charge in [-0.1, -0.05) is 35.3 Å². The zero-order chi connectivity index (χ0) is 21.3. The van der Waals surface area contributed by atoms with E-state index in [0.29, 0.717) is 29.1 Å².